The largest absolute Gasteiger partial charge is 0.494 e. The van der Waals surface area contributed by atoms with Gasteiger partial charge in [0.25, 0.3) is 0 Å². The van der Waals surface area contributed by atoms with Gasteiger partial charge in [-0.25, -0.2) is 0 Å². The van der Waals surface area contributed by atoms with Crippen molar-refractivity contribution in [3.8, 4) is 17.0 Å². The second-order valence-electron chi connectivity index (χ2n) is 4.10. The van der Waals surface area contributed by atoms with Crippen molar-refractivity contribution in [3.05, 3.63) is 35.6 Å². The molecule has 0 atom stereocenters. The molecule has 0 bridgehead atoms. The summed E-state index contributed by atoms with van der Waals surface area (Å²) >= 11 is 0. The molecule has 0 aliphatic heterocycles. The lowest BCUT2D eigenvalue weighted by Gasteiger charge is -2.05. The average Bonchev–Trinajstić information content (AvgIpc) is 2.78. The Bertz CT molecular complexity index is 502. The Morgan fingerprint density at radius 2 is 2.00 bits per heavy atom. The number of nitrogens with zero attached hydrogens (tertiary/aromatic N) is 1. The summed E-state index contributed by atoms with van der Waals surface area (Å²) in [5, 5.41) is 13.3. The van der Waals surface area contributed by atoms with Crippen molar-refractivity contribution in [1.29, 1.82) is 0 Å². The van der Waals surface area contributed by atoms with Gasteiger partial charge < -0.3 is 14.4 Å². The predicted octanol–water partition coefficient (Wildman–Crippen LogP) is 2.93. The number of hydrogen-bond acceptors (Lipinski definition) is 4. The van der Waals surface area contributed by atoms with Gasteiger partial charge in [-0.1, -0.05) is 12.1 Å². The van der Waals surface area contributed by atoms with Gasteiger partial charge in [0.05, 0.1) is 13.2 Å². The number of aliphatic hydroxyl groups excluding tert-OH is 1. The summed E-state index contributed by atoms with van der Waals surface area (Å²) in [5.74, 6) is 1.49. The highest BCUT2D eigenvalue weighted by molar-refractivity contribution is 5.63. The lowest BCUT2D eigenvalue weighted by molar-refractivity contribution is 0.278. The van der Waals surface area contributed by atoms with Gasteiger partial charge in [0.2, 0.25) is 0 Å². The highest BCUT2D eigenvalue weighted by Gasteiger charge is 2.13. The van der Waals surface area contributed by atoms with Gasteiger partial charge in [-0.3, -0.25) is 0 Å². The SMILES string of the molecule is CCCOc1ccc(-c2noc(C)c2CO)cc1. The highest BCUT2D eigenvalue weighted by atomic mass is 16.5. The van der Waals surface area contributed by atoms with Crippen molar-refractivity contribution >= 4 is 0 Å². The van der Waals surface area contributed by atoms with Crippen LogP contribution in [0.15, 0.2) is 28.8 Å². The summed E-state index contributed by atoms with van der Waals surface area (Å²) < 4.78 is 10.6. The van der Waals surface area contributed by atoms with Crippen LogP contribution in [0.4, 0.5) is 0 Å². The van der Waals surface area contributed by atoms with E-state index < -0.39 is 0 Å². The zero-order valence-electron chi connectivity index (χ0n) is 10.6. The number of aromatic nitrogens is 1. The lowest BCUT2D eigenvalue weighted by Crippen LogP contribution is -1.94. The molecule has 1 heterocycles. The Kier molecular flexibility index (Phi) is 3.99. The average molecular weight is 247 g/mol. The lowest BCUT2D eigenvalue weighted by atomic mass is 10.1. The molecule has 96 valence electrons. The van der Waals surface area contributed by atoms with E-state index in [0.29, 0.717) is 18.1 Å². The first-order valence-electron chi connectivity index (χ1n) is 6.05. The van der Waals surface area contributed by atoms with Crippen molar-refractivity contribution in [2.45, 2.75) is 26.9 Å². The normalized spacial score (nSPS) is 10.6. The maximum atomic E-state index is 9.30. The third kappa shape index (κ3) is 2.54. The summed E-state index contributed by atoms with van der Waals surface area (Å²) in [7, 11) is 0. The van der Waals surface area contributed by atoms with E-state index in [1.807, 2.05) is 24.3 Å². The molecule has 1 N–H and O–H groups in total. The van der Waals surface area contributed by atoms with Crippen LogP contribution in [0.3, 0.4) is 0 Å². The number of benzene rings is 1. The summed E-state index contributed by atoms with van der Waals surface area (Å²) in [6, 6.07) is 7.63. The summed E-state index contributed by atoms with van der Waals surface area (Å²) in [6.07, 6.45) is 0.985. The van der Waals surface area contributed by atoms with Crippen LogP contribution in [0.1, 0.15) is 24.7 Å². The quantitative estimate of drug-likeness (QED) is 0.882. The minimum atomic E-state index is -0.0707. The monoisotopic (exact) mass is 247 g/mol. The van der Waals surface area contributed by atoms with E-state index in [2.05, 4.69) is 12.1 Å². The number of rotatable bonds is 5. The van der Waals surface area contributed by atoms with Gasteiger partial charge in [0.1, 0.15) is 17.2 Å². The van der Waals surface area contributed by atoms with Gasteiger partial charge >= 0.3 is 0 Å². The van der Waals surface area contributed by atoms with E-state index in [1.54, 1.807) is 6.92 Å². The van der Waals surface area contributed by atoms with Crippen molar-refractivity contribution in [2.24, 2.45) is 0 Å². The van der Waals surface area contributed by atoms with E-state index in [4.69, 9.17) is 9.26 Å². The first kappa shape index (κ1) is 12.6. The van der Waals surface area contributed by atoms with Crippen molar-refractivity contribution in [2.75, 3.05) is 6.61 Å². The molecule has 0 aliphatic carbocycles. The van der Waals surface area contributed by atoms with Gasteiger partial charge in [0, 0.05) is 11.1 Å². The molecular weight excluding hydrogens is 230 g/mol. The van der Waals surface area contributed by atoms with Crippen LogP contribution in [-0.4, -0.2) is 16.9 Å². The zero-order valence-corrected chi connectivity index (χ0v) is 10.6. The molecule has 0 saturated heterocycles. The van der Waals surface area contributed by atoms with E-state index in [9.17, 15) is 5.11 Å². The minimum absolute atomic E-state index is 0.0707. The number of hydrogen-bond donors (Lipinski definition) is 1. The molecule has 2 rings (SSSR count). The molecule has 0 amide bonds. The Morgan fingerprint density at radius 1 is 1.28 bits per heavy atom. The van der Waals surface area contributed by atoms with Crippen molar-refractivity contribution in [1.82, 2.24) is 5.16 Å². The predicted molar refractivity (Wildman–Crippen MR) is 68.4 cm³/mol. The Morgan fingerprint density at radius 3 is 2.61 bits per heavy atom. The molecule has 0 saturated carbocycles. The first-order chi connectivity index (χ1) is 8.76. The van der Waals surface area contributed by atoms with Crippen LogP contribution in [0.5, 0.6) is 5.75 Å². The molecule has 4 nitrogen and oxygen atoms in total. The second kappa shape index (κ2) is 5.69. The zero-order chi connectivity index (χ0) is 13.0. The van der Waals surface area contributed by atoms with Crippen LogP contribution in [0.25, 0.3) is 11.3 Å². The molecule has 1 aromatic heterocycles. The highest BCUT2D eigenvalue weighted by Crippen LogP contribution is 2.26. The standard InChI is InChI=1S/C14H17NO3/c1-3-8-17-12-6-4-11(5-7-12)14-13(9-16)10(2)18-15-14/h4-7,16H,3,8-9H2,1-2H3. The Hall–Kier alpha value is -1.81. The van der Waals surface area contributed by atoms with Crippen LogP contribution < -0.4 is 4.74 Å². The van der Waals surface area contributed by atoms with Crippen LogP contribution in [0.2, 0.25) is 0 Å². The van der Waals surface area contributed by atoms with E-state index >= 15 is 0 Å². The fraction of sp³-hybridized carbons (Fsp3) is 0.357. The first-order valence-corrected chi connectivity index (χ1v) is 6.05. The van der Waals surface area contributed by atoms with Gasteiger partial charge in [-0.2, -0.15) is 0 Å². The van der Waals surface area contributed by atoms with E-state index in [1.165, 1.54) is 0 Å². The van der Waals surface area contributed by atoms with E-state index in [0.717, 1.165) is 23.3 Å². The van der Waals surface area contributed by atoms with E-state index in [-0.39, 0.29) is 6.61 Å². The summed E-state index contributed by atoms with van der Waals surface area (Å²) in [4.78, 5) is 0. The molecule has 0 radical (unpaired) electrons. The molecule has 0 aliphatic rings. The maximum Gasteiger partial charge on any atom is 0.139 e. The van der Waals surface area contributed by atoms with Crippen molar-refractivity contribution in [3.63, 3.8) is 0 Å². The van der Waals surface area contributed by atoms with Crippen LogP contribution >= 0.6 is 0 Å². The third-order valence-corrected chi connectivity index (χ3v) is 2.74. The molecule has 0 spiro atoms. The van der Waals surface area contributed by atoms with Gasteiger partial charge in [0.15, 0.2) is 0 Å². The maximum absolute atomic E-state index is 9.30. The fourth-order valence-corrected chi connectivity index (χ4v) is 1.73. The Labute approximate surface area is 106 Å². The number of ether oxygens (including phenoxy) is 1. The van der Waals surface area contributed by atoms with Crippen LogP contribution in [0, 0.1) is 6.92 Å². The summed E-state index contributed by atoms with van der Waals surface area (Å²) in [5.41, 5.74) is 2.34. The molecule has 0 unspecified atom stereocenters. The molecule has 2 aromatic rings. The van der Waals surface area contributed by atoms with Crippen molar-refractivity contribution < 1.29 is 14.4 Å². The summed E-state index contributed by atoms with van der Waals surface area (Å²) in [6.45, 7) is 4.50. The fourth-order valence-electron chi connectivity index (χ4n) is 1.73. The van der Waals surface area contributed by atoms with Gasteiger partial charge in [-0.05, 0) is 37.6 Å². The molecule has 4 heteroatoms. The van der Waals surface area contributed by atoms with Gasteiger partial charge in [-0.15, -0.1) is 0 Å². The smallest absolute Gasteiger partial charge is 0.139 e. The number of aryl methyl sites for hydroxylation is 1. The third-order valence-electron chi connectivity index (χ3n) is 2.74. The topological polar surface area (TPSA) is 55.5 Å². The minimum Gasteiger partial charge on any atom is -0.494 e. The van der Waals surface area contributed by atoms with Crippen LogP contribution in [-0.2, 0) is 6.61 Å². The molecular formula is C14H17NO3. The Balaban J connectivity index is 2.23. The molecule has 18 heavy (non-hydrogen) atoms. The molecule has 0 fully saturated rings. The molecule has 1 aromatic carbocycles. The number of aliphatic hydroxyl groups is 1. The second-order valence-corrected chi connectivity index (χ2v) is 4.10.